The number of para-hydroxylation sites is 2. The number of carbonyl (C=O) groups excluding carboxylic acids is 1. The number of phenols is 1. The van der Waals surface area contributed by atoms with Gasteiger partial charge in [-0.3, -0.25) is 4.79 Å². The van der Waals surface area contributed by atoms with Gasteiger partial charge >= 0.3 is 0 Å². The minimum atomic E-state index is -0.595. The second-order valence-electron chi connectivity index (χ2n) is 6.20. The Balaban J connectivity index is 1.37. The molecule has 2 aromatic rings. The lowest BCUT2D eigenvalue weighted by Gasteiger charge is -2.38. The van der Waals surface area contributed by atoms with Crippen molar-refractivity contribution in [1.82, 2.24) is 4.90 Å². The maximum Gasteiger partial charge on any atom is 0.267 e. The number of benzene rings is 2. The highest BCUT2D eigenvalue weighted by molar-refractivity contribution is 5.82. The van der Waals surface area contributed by atoms with Crippen molar-refractivity contribution in [1.29, 1.82) is 0 Å². The Bertz CT molecular complexity index is 772. The fourth-order valence-electron chi connectivity index (χ4n) is 3.22. The normalized spacial score (nSPS) is 19.6. The van der Waals surface area contributed by atoms with Gasteiger partial charge in [0.25, 0.3) is 5.91 Å². The number of phenolic OH excluding ortho intramolecular Hbond substituents is 1. The van der Waals surface area contributed by atoms with E-state index in [0.29, 0.717) is 24.6 Å². The smallest absolute Gasteiger partial charge is 0.267 e. The van der Waals surface area contributed by atoms with Crippen molar-refractivity contribution in [2.45, 2.75) is 6.10 Å². The van der Waals surface area contributed by atoms with Gasteiger partial charge in [0.15, 0.2) is 11.5 Å². The second-order valence-corrected chi connectivity index (χ2v) is 6.20. The van der Waals surface area contributed by atoms with Gasteiger partial charge < -0.3 is 24.4 Å². The van der Waals surface area contributed by atoms with Gasteiger partial charge in [-0.05, 0) is 24.3 Å². The lowest BCUT2D eigenvalue weighted by atomic mass is 10.2. The predicted molar refractivity (Wildman–Crippen MR) is 93.3 cm³/mol. The summed E-state index contributed by atoms with van der Waals surface area (Å²) in [5.41, 5.74) is 0.971. The first-order valence-corrected chi connectivity index (χ1v) is 8.42. The largest absolute Gasteiger partial charge is 0.508 e. The number of nitrogens with zero attached hydrogens (tertiary/aromatic N) is 2. The lowest BCUT2D eigenvalue weighted by molar-refractivity contribution is -0.141. The van der Waals surface area contributed by atoms with Crippen molar-refractivity contribution in [2.75, 3.05) is 37.7 Å². The maximum absolute atomic E-state index is 12.7. The number of ether oxygens (including phenoxy) is 2. The monoisotopic (exact) mass is 340 g/mol. The van der Waals surface area contributed by atoms with Crippen LogP contribution in [0.25, 0.3) is 0 Å². The van der Waals surface area contributed by atoms with Crippen LogP contribution in [0.5, 0.6) is 17.2 Å². The molecular weight excluding hydrogens is 320 g/mol. The van der Waals surface area contributed by atoms with Crippen molar-refractivity contribution in [3.8, 4) is 17.2 Å². The summed E-state index contributed by atoms with van der Waals surface area (Å²) in [4.78, 5) is 16.7. The average molecular weight is 340 g/mol. The van der Waals surface area contributed by atoms with Gasteiger partial charge in [-0.25, -0.2) is 0 Å². The number of anilines is 1. The highest BCUT2D eigenvalue weighted by Crippen LogP contribution is 2.31. The molecule has 0 saturated carbocycles. The van der Waals surface area contributed by atoms with Crippen LogP contribution in [0.2, 0.25) is 0 Å². The van der Waals surface area contributed by atoms with Crippen molar-refractivity contribution in [3.63, 3.8) is 0 Å². The summed E-state index contributed by atoms with van der Waals surface area (Å²) in [7, 11) is 0. The average Bonchev–Trinajstić information content (AvgIpc) is 2.67. The van der Waals surface area contributed by atoms with Crippen LogP contribution in [0.3, 0.4) is 0 Å². The number of amides is 1. The molecule has 1 fully saturated rings. The Hall–Kier alpha value is -2.89. The standard InChI is InChI=1S/C19H20N2O4/c22-15-5-3-4-14(12-15)20-8-10-21(11-9-20)19(23)18-13-24-16-6-1-2-7-17(16)25-18/h1-7,12,18,22H,8-11,13H2. The van der Waals surface area contributed by atoms with E-state index < -0.39 is 6.10 Å². The molecule has 2 aromatic carbocycles. The first-order valence-electron chi connectivity index (χ1n) is 8.42. The maximum atomic E-state index is 12.7. The Morgan fingerprint density at radius 2 is 1.76 bits per heavy atom. The van der Waals surface area contributed by atoms with E-state index in [4.69, 9.17) is 9.47 Å². The van der Waals surface area contributed by atoms with E-state index >= 15 is 0 Å². The number of fused-ring (bicyclic) bond motifs is 1. The number of hydrogen-bond donors (Lipinski definition) is 1. The quantitative estimate of drug-likeness (QED) is 0.904. The summed E-state index contributed by atoms with van der Waals surface area (Å²) in [6, 6.07) is 14.6. The van der Waals surface area contributed by atoms with Gasteiger partial charge in [0.2, 0.25) is 6.10 Å². The molecule has 0 aromatic heterocycles. The van der Waals surface area contributed by atoms with Gasteiger partial charge in [-0.15, -0.1) is 0 Å². The van der Waals surface area contributed by atoms with Crippen LogP contribution in [0.1, 0.15) is 0 Å². The molecule has 1 saturated heterocycles. The molecule has 4 rings (SSSR count). The zero-order chi connectivity index (χ0) is 17.2. The molecule has 1 unspecified atom stereocenters. The minimum absolute atomic E-state index is 0.0370. The number of piperazine rings is 1. The molecule has 2 aliphatic rings. The second kappa shape index (κ2) is 6.55. The number of hydrogen-bond acceptors (Lipinski definition) is 5. The number of rotatable bonds is 2. The molecule has 6 heteroatoms. The van der Waals surface area contributed by atoms with Gasteiger partial charge in [0.05, 0.1) is 0 Å². The summed E-state index contributed by atoms with van der Waals surface area (Å²) in [5, 5.41) is 9.61. The van der Waals surface area contributed by atoms with Crippen LogP contribution in [0, 0.1) is 0 Å². The van der Waals surface area contributed by atoms with E-state index in [9.17, 15) is 9.90 Å². The molecular formula is C19H20N2O4. The molecule has 0 spiro atoms. The fraction of sp³-hybridized carbons (Fsp3) is 0.316. The molecule has 25 heavy (non-hydrogen) atoms. The van der Waals surface area contributed by atoms with Crippen molar-refractivity contribution < 1.29 is 19.4 Å². The summed E-state index contributed by atoms with van der Waals surface area (Å²) in [6.45, 7) is 2.92. The van der Waals surface area contributed by atoms with Gasteiger partial charge in [0.1, 0.15) is 12.4 Å². The van der Waals surface area contributed by atoms with Gasteiger partial charge in [-0.1, -0.05) is 18.2 Å². The third kappa shape index (κ3) is 3.20. The van der Waals surface area contributed by atoms with E-state index in [1.807, 2.05) is 41.3 Å². The molecule has 6 nitrogen and oxygen atoms in total. The molecule has 1 N–H and O–H groups in total. The van der Waals surface area contributed by atoms with E-state index in [0.717, 1.165) is 18.8 Å². The highest BCUT2D eigenvalue weighted by atomic mass is 16.6. The zero-order valence-electron chi connectivity index (χ0n) is 13.8. The molecule has 2 aliphatic heterocycles. The topological polar surface area (TPSA) is 62.2 Å². The molecule has 0 bridgehead atoms. The molecule has 0 aliphatic carbocycles. The van der Waals surface area contributed by atoms with Crippen molar-refractivity contribution in [3.05, 3.63) is 48.5 Å². The third-order valence-corrected chi connectivity index (χ3v) is 4.57. The minimum Gasteiger partial charge on any atom is -0.508 e. The van der Waals surface area contributed by atoms with Crippen LogP contribution in [0.4, 0.5) is 5.69 Å². The van der Waals surface area contributed by atoms with Crippen LogP contribution in [-0.4, -0.2) is 54.8 Å². The summed E-state index contributed by atoms with van der Waals surface area (Å²) >= 11 is 0. The summed E-state index contributed by atoms with van der Waals surface area (Å²) in [5.74, 6) is 1.51. The van der Waals surface area contributed by atoms with Gasteiger partial charge in [-0.2, -0.15) is 0 Å². The van der Waals surface area contributed by atoms with Crippen molar-refractivity contribution in [2.24, 2.45) is 0 Å². The van der Waals surface area contributed by atoms with E-state index in [1.54, 1.807) is 12.1 Å². The van der Waals surface area contributed by atoms with Crippen molar-refractivity contribution >= 4 is 11.6 Å². The van der Waals surface area contributed by atoms with Crippen LogP contribution < -0.4 is 14.4 Å². The summed E-state index contributed by atoms with van der Waals surface area (Å²) in [6.07, 6.45) is -0.595. The van der Waals surface area contributed by atoms with Crippen LogP contribution >= 0.6 is 0 Å². The highest BCUT2D eigenvalue weighted by Gasteiger charge is 2.32. The molecule has 1 amide bonds. The third-order valence-electron chi connectivity index (χ3n) is 4.57. The molecule has 130 valence electrons. The Morgan fingerprint density at radius 3 is 2.52 bits per heavy atom. The number of carbonyl (C=O) groups is 1. The van der Waals surface area contributed by atoms with Crippen LogP contribution in [-0.2, 0) is 4.79 Å². The Kier molecular flexibility index (Phi) is 4.09. The number of aromatic hydroxyl groups is 1. The van der Waals surface area contributed by atoms with Gasteiger partial charge in [0, 0.05) is 37.9 Å². The zero-order valence-corrected chi connectivity index (χ0v) is 13.8. The van der Waals surface area contributed by atoms with E-state index in [-0.39, 0.29) is 18.3 Å². The molecule has 2 heterocycles. The Labute approximate surface area is 146 Å². The van der Waals surface area contributed by atoms with Crippen LogP contribution in [0.15, 0.2) is 48.5 Å². The first-order chi connectivity index (χ1) is 12.2. The Morgan fingerprint density at radius 1 is 1.00 bits per heavy atom. The predicted octanol–water partition coefficient (Wildman–Crippen LogP) is 1.88. The SMILES string of the molecule is O=C(C1COc2ccccc2O1)N1CCN(c2cccc(O)c2)CC1. The molecule has 0 radical (unpaired) electrons. The molecule has 1 atom stereocenters. The lowest BCUT2D eigenvalue weighted by Crippen LogP contribution is -2.54. The van der Waals surface area contributed by atoms with E-state index in [2.05, 4.69) is 4.90 Å². The van der Waals surface area contributed by atoms with E-state index in [1.165, 1.54) is 0 Å². The summed E-state index contributed by atoms with van der Waals surface area (Å²) < 4.78 is 11.5. The fourth-order valence-corrected chi connectivity index (χ4v) is 3.22. The first kappa shape index (κ1) is 15.6.